The van der Waals surface area contributed by atoms with Gasteiger partial charge in [-0.15, -0.1) is 0 Å². The zero-order valence-electron chi connectivity index (χ0n) is 12.1. The molecule has 0 fully saturated rings. The van der Waals surface area contributed by atoms with Gasteiger partial charge in [-0.25, -0.2) is 0 Å². The summed E-state index contributed by atoms with van der Waals surface area (Å²) in [4.78, 5) is 0. The number of nitrogens with two attached hydrogens (primary N) is 1. The van der Waals surface area contributed by atoms with Gasteiger partial charge in [0.05, 0.1) is 0 Å². The van der Waals surface area contributed by atoms with Crippen molar-refractivity contribution in [3.8, 4) is 5.75 Å². The van der Waals surface area contributed by atoms with Crippen molar-refractivity contribution in [3.05, 3.63) is 65.7 Å². The average molecular weight is 259 g/mol. The zero-order valence-corrected chi connectivity index (χ0v) is 12.1. The summed E-state index contributed by atoms with van der Waals surface area (Å²) in [7, 11) is 0. The molecule has 0 radical (unpaired) electrons. The molecule has 0 saturated heterocycles. The molecule has 2 nitrogen and oxygen atoms in total. The maximum absolute atomic E-state index is 8.89. The molecule has 0 bridgehead atoms. The summed E-state index contributed by atoms with van der Waals surface area (Å²) < 4.78 is 0. The third-order valence-corrected chi connectivity index (χ3v) is 2.40. The highest BCUT2D eigenvalue weighted by Gasteiger charge is 1.88. The predicted octanol–water partition coefficient (Wildman–Crippen LogP) is 4.13. The minimum absolute atomic E-state index is 0.276. The second-order valence-electron chi connectivity index (χ2n) is 3.71. The van der Waals surface area contributed by atoms with Crippen LogP contribution in [0.1, 0.15) is 31.9 Å². The van der Waals surface area contributed by atoms with E-state index in [-0.39, 0.29) is 5.75 Å². The topological polar surface area (TPSA) is 46.2 Å². The van der Waals surface area contributed by atoms with E-state index >= 15 is 0 Å². The quantitative estimate of drug-likeness (QED) is 0.852. The molecule has 2 heteroatoms. The van der Waals surface area contributed by atoms with Gasteiger partial charge in [0.25, 0.3) is 0 Å². The highest BCUT2D eigenvalue weighted by molar-refractivity contribution is 5.26. The summed E-state index contributed by atoms with van der Waals surface area (Å²) in [6, 6.07) is 17.4. The second-order valence-corrected chi connectivity index (χ2v) is 3.71. The van der Waals surface area contributed by atoms with Crippen LogP contribution in [0, 0.1) is 0 Å². The molecule has 0 atom stereocenters. The zero-order chi connectivity index (χ0) is 14.5. The molecule has 0 saturated carbocycles. The lowest BCUT2D eigenvalue weighted by Crippen LogP contribution is -1.94. The molecule has 2 aromatic carbocycles. The highest BCUT2D eigenvalue weighted by atomic mass is 16.3. The van der Waals surface area contributed by atoms with Crippen LogP contribution in [0.5, 0.6) is 5.75 Å². The van der Waals surface area contributed by atoms with Crippen LogP contribution in [-0.2, 0) is 13.0 Å². The Hall–Kier alpha value is -1.80. The molecule has 3 N–H and O–H groups in total. The lowest BCUT2D eigenvalue weighted by atomic mass is 10.2. The maximum Gasteiger partial charge on any atom is 0.115 e. The summed E-state index contributed by atoms with van der Waals surface area (Å²) >= 11 is 0. The third kappa shape index (κ3) is 8.01. The predicted molar refractivity (Wildman–Crippen MR) is 83.2 cm³/mol. The van der Waals surface area contributed by atoms with Gasteiger partial charge in [0.1, 0.15) is 5.75 Å². The van der Waals surface area contributed by atoms with E-state index in [1.54, 1.807) is 18.2 Å². The lowest BCUT2D eigenvalue weighted by Gasteiger charge is -1.94. The smallest absolute Gasteiger partial charge is 0.115 e. The number of rotatable bonds is 2. The summed E-state index contributed by atoms with van der Waals surface area (Å²) in [5.41, 5.74) is 7.67. The molecular formula is C17H25NO. The minimum atomic E-state index is 0.276. The fourth-order valence-electron chi connectivity index (χ4n) is 1.40. The number of aromatic hydroxyl groups is 1. The number of hydrogen-bond donors (Lipinski definition) is 2. The molecule has 0 aliphatic carbocycles. The summed E-state index contributed by atoms with van der Waals surface area (Å²) in [5, 5.41) is 8.89. The van der Waals surface area contributed by atoms with Gasteiger partial charge in [-0.05, 0) is 29.7 Å². The number of aryl methyl sites for hydroxylation is 1. The van der Waals surface area contributed by atoms with Crippen LogP contribution in [0.2, 0.25) is 0 Å². The van der Waals surface area contributed by atoms with E-state index in [1.807, 2.05) is 26.0 Å². The molecular weight excluding hydrogens is 234 g/mol. The largest absolute Gasteiger partial charge is 0.508 e. The van der Waals surface area contributed by atoms with Gasteiger partial charge in [0, 0.05) is 6.54 Å². The van der Waals surface area contributed by atoms with Crippen molar-refractivity contribution in [1.82, 2.24) is 0 Å². The minimum Gasteiger partial charge on any atom is -0.508 e. The first-order chi connectivity index (χ1) is 9.26. The second kappa shape index (κ2) is 11.3. The highest BCUT2D eigenvalue weighted by Crippen LogP contribution is 2.09. The first-order valence-corrected chi connectivity index (χ1v) is 6.78. The Morgan fingerprint density at radius 2 is 1.47 bits per heavy atom. The normalized spacial score (nSPS) is 8.63. The van der Waals surface area contributed by atoms with Gasteiger partial charge in [0.2, 0.25) is 0 Å². The molecule has 0 heterocycles. The first-order valence-electron chi connectivity index (χ1n) is 6.78. The molecule has 0 aliphatic rings. The van der Waals surface area contributed by atoms with Crippen molar-refractivity contribution in [3.63, 3.8) is 0 Å². The first kappa shape index (κ1) is 17.2. The Bertz CT molecular complexity index is 426. The molecule has 19 heavy (non-hydrogen) atoms. The number of phenols is 1. The number of hydrogen-bond acceptors (Lipinski definition) is 2. The summed E-state index contributed by atoms with van der Waals surface area (Å²) in [6.07, 6.45) is 1.14. The summed E-state index contributed by atoms with van der Waals surface area (Å²) in [6.45, 7) is 6.64. The Labute approximate surface area is 116 Å². The molecule has 0 amide bonds. The van der Waals surface area contributed by atoms with Crippen molar-refractivity contribution in [2.45, 2.75) is 33.7 Å². The number of phenolic OH excluding ortho intramolecular Hbond substituents is 1. The lowest BCUT2D eigenvalue weighted by molar-refractivity contribution is 0.474. The molecule has 0 aromatic heterocycles. The Balaban J connectivity index is 0.000000303. The monoisotopic (exact) mass is 259 g/mol. The van der Waals surface area contributed by atoms with Crippen LogP contribution < -0.4 is 5.73 Å². The molecule has 104 valence electrons. The third-order valence-electron chi connectivity index (χ3n) is 2.40. The van der Waals surface area contributed by atoms with E-state index in [1.165, 1.54) is 5.56 Å². The Morgan fingerprint density at radius 3 is 1.84 bits per heavy atom. The fraction of sp³-hybridized carbons (Fsp3) is 0.294. The van der Waals surface area contributed by atoms with E-state index < -0.39 is 0 Å². The van der Waals surface area contributed by atoms with Crippen molar-refractivity contribution < 1.29 is 5.11 Å². The molecule has 0 unspecified atom stereocenters. The Kier molecular flexibility index (Phi) is 10.2. The molecule has 2 aromatic rings. The van der Waals surface area contributed by atoms with Crippen LogP contribution in [-0.4, -0.2) is 5.11 Å². The van der Waals surface area contributed by atoms with Gasteiger partial charge in [-0.1, -0.05) is 63.2 Å². The van der Waals surface area contributed by atoms with Gasteiger partial charge in [-0.3, -0.25) is 0 Å². The van der Waals surface area contributed by atoms with E-state index in [0.717, 1.165) is 12.0 Å². The molecule has 2 rings (SSSR count). The molecule has 0 aliphatic heterocycles. The van der Waals surface area contributed by atoms with Gasteiger partial charge in [0.15, 0.2) is 0 Å². The van der Waals surface area contributed by atoms with Crippen LogP contribution in [0.4, 0.5) is 0 Å². The van der Waals surface area contributed by atoms with Gasteiger partial charge >= 0.3 is 0 Å². The van der Waals surface area contributed by atoms with E-state index in [2.05, 4.69) is 31.2 Å². The fourth-order valence-corrected chi connectivity index (χ4v) is 1.40. The van der Waals surface area contributed by atoms with Crippen LogP contribution >= 0.6 is 0 Å². The van der Waals surface area contributed by atoms with Crippen LogP contribution in [0.15, 0.2) is 54.6 Å². The van der Waals surface area contributed by atoms with E-state index in [0.29, 0.717) is 6.54 Å². The average Bonchev–Trinajstić information content (AvgIpc) is 2.50. The van der Waals surface area contributed by atoms with Crippen molar-refractivity contribution in [1.29, 1.82) is 0 Å². The number of benzene rings is 2. The van der Waals surface area contributed by atoms with Crippen molar-refractivity contribution in [2.24, 2.45) is 5.73 Å². The van der Waals surface area contributed by atoms with Crippen molar-refractivity contribution in [2.75, 3.05) is 0 Å². The van der Waals surface area contributed by atoms with E-state index in [4.69, 9.17) is 10.8 Å². The van der Waals surface area contributed by atoms with Crippen molar-refractivity contribution >= 4 is 0 Å². The Morgan fingerprint density at radius 1 is 0.895 bits per heavy atom. The maximum atomic E-state index is 8.89. The summed E-state index contributed by atoms with van der Waals surface area (Å²) in [5.74, 6) is 0.276. The van der Waals surface area contributed by atoms with E-state index in [9.17, 15) is 0 Å². The van der Waals surface area contributed by atoms with Gasteiger partial charge < -0.3 is 10.8 Å². The molecule has 0 spiro atoms. The van der Waals surface area contributed by atoms with Crippen LogP contribution in [0.3, 0.4) is 0 Å². The standard InChI is InChI=1S/C8H10.C7H9NO.C2H6/c1-2-8-6-4-3-5-7-8;8-5-6-2-1-3-7(9)4-6;1-2/h3-7H,2H2,1H3;1-4,9H,5,8H2;1-2H3. The van der Waals surface area contributed by atoms with Crippen LogP contribution in [0.25, 0.3) is 0 Å². The SMILES string of the molecule is CC.CCc1ccccc1.NCc1cccc(O)c1. The van der Waals surface area contributed by atoms with Gasteiger partial charge in [-0.2, -0.15) is 0 Å².